The van der Waals surface area contributed by atoms with Gasteiger partial charge in [0.25, 0.3) is 0 Å². The molecule has 1 N–H and O–H groups in total. The number of amides is 1. The van der Waals surface area contributed by atoms with Crippen molar-refractivity contribution in [2.24, 2.45) is 0 Å². The van der Waals surface area contributed by atoms with E-state index in [-0.39, 0.29) is 5.91 Å². The summed E-state index contributed by atoms with van der Waals surface area (Å²) in [6.45, 7) is 0.551. The second kappa shape index (κ2) is 5.61. The lowest BCUT2D eigenvalue weighted by molar-refractivity contribution is -0.120. The molecule has 0 fully saturated rings. The van der Waals surface area contributed by atoms with Crippen molar-refractivity contribution >= 4 is 16.9 Å². The van der Waals surface area contributed by atoms with Crippen LogP contribution in [0.5, 0.6) is 0 Å². The molecule has 0 saturated carbocycles. The molecule has 0 aliphatic heterocycles. The minimum atomic E-state index is 0.000376. The van der Waals surface area contributed by atoms with Gasteiger partial charge in [-0.05, 0) is 11.6 Å². The van der Waals surface area contributed by atoms with Crippen molar-refractivity contribution in [1.82, 2.24) is 5.32 Å². The summed E-state index contributed by atoms with van der Waals surface area (Å²) in [5, 5.41) is 3.92. The molecule has 1 aromatic heterocycles. The Kier molecular flexibility index (Phi) is 3.50. The third-order valence-corrected chi connectivity index (χ3v) is 3.24. The number of hydrogen-bond donors (Lipinski definition) is 1. The minimum absolute atomic E-state index is 0.000376. The Morgan fingerprint density at radius 1 is 1.00 bits per heavy atom. The first-order valence-electron chi connectivity index (χ1n) is 6.58. The maximum absolute atomic E-state index is 12.0. The van der Waals surface area contributed by atoms with E-state index in [1.54, 1.807) is 6.26 Å². The fourth-order valence-corrected chi connectivity index (χ4v) is 2.20. The molecule has 3 heteroatoms. The number of carbonyl (C=O) groups excluding carboxylic acids is 1. The van der Waals surface area contributed by atoms with E-state index in [0.717, 1.165) is 22.1 Å². The number of benzene rings is 2. The number of carbonyl (C=O) groups is 1. The summed E-state index contributed by atoms with van der Waals surface area (Å²) >= 11 is 0. The fourth-order valence-electron chi connectivity index (χ4n) is 2.20. The van der Waals surface area contributed by atoms with Crippen LogP contribution < -0.4 is 5.32 Å². The highest BCUT2D eigenvalue weighted by molar-refractivity contribution is 5.87. The standard InChI is InChI=1S/C17H15NO2/c19-17(18-11-13-6-2-1-3-7-13)10-14-12-20-16-9-5-4-8-15(14)16/h1-9,12H,10-11H2,(H,18,19). The smallest absolute Gasteiger partial charge is 0.224 e. The molecule has 0 aliphatic carbocycles. The predicted octanol–water partition coefficient (Wildman–Crippen LogP) is 3.29. The molecule has 0 bridgehead atoms. The number of hydrogen-bond acceptors (Lipinski definition) is 2. The van der Waals surface area contributed by atoms with E-state index >= 15 is 0 Å². The quantitative estimate of drug-likeness (QED) is 0.786. The molecule has 0 unspecified atom stereocenters. The molecule has 20 heavy (non-hydrogen) atoms. The van der Waals surface area contributed by atoms with Gasteiger partial charge in [-0.3, -0.25) is 4.79 Å². The van der Waals surface area contributed by atoms with E-state index < -0.39 is 0 Å². The third-order valence-electron chi connectivity index (χ3n) is 3.24. The number of fused-ring (bicyclic) bond motifs is 1. The molecule has 2 aromatic carbocycles. The second-order valence-electron chi connectivity index (χ2n) is 4.70. The summed E-state index contributed by atoms with van der Waals surface area (Å²) in [6, 6.07) is 17.6. The van der Waals surface area contributed by atoms with Gasteiger partial charge >= 0.3 is 0 Å². The molecule has 3 aromatic rings. The van der Waals surface area contributed by atoms with Gasteiger partial charge < -0.3 is 9.73 Å². The highest BCUT2D eigenvalue weighted by Gasteiger charge is 2.09. The first-order valence-corrected chi connectivity index (χ1v) is 6.58. The Morgan fingerprint density at radius 2 is 1.75 bits per heavy atom. The van der Waals surface area contributed by atoms with E-state index in [0.29, 0.717) is 13.0 Å². The van der Waals surface area contributed by atoms with Gasteiger partial charge in [-0.25, -0.2) is 0 Å². The predicted molar refractivity (Wildman–Crippen MR) is 78.2 cm³/mol. The maximum atomic E-state index is 12.0. The van der Waals surface area contributed by atoms with Crippen molar-refractivity contribution in [3.05, 3.63) is 72.0 Å². The summed E-state index contributed by atoms with van der Waals surface area (Å²) in [5.74, 6) is 0.000376. The van der Waals surface area contributed by atoms with E-state index in [4.69, 9.17) is 4.42 Å². The van der Waals surface area contributed by atoms with Crippen LogP contribution in [0.3, 0.4) is 0 Å². The molecule has 0 saturated heterocycles. The first kappa shape index (κ1) is 12.5. The Bertz CT molecular complexity index is 716. The Hall–Kier alpha value is -2.55. The molecule has 0 atom stereocenters. The summed E-state index contributed by atoms with van der Waals surface area (Å²) in [7, 11) is 0. The van der Waals surface area contributed by atoms with Crippen LogP contribution in [0.2, 0.25) is 0 Å². The second-order valence-corrected chi connectivity index (χ2v) is 4.70. The van der Waals surface area contributed by atoms with Gasteiger partial charge in [0.2, 0.25) is 5.91 Å². The van der Waals surface area contributed by atoms with Crippen LogP contribution in [0.4, 0.5) is 0 Å². The van der Waals surface area contributed by atoms with Crippen molar-refractivity contribution in [3.8, 4) is 0 Å². The Balaban J connectivity index is 1.64. The lowest BCUT2D eigenvalue weighted by atomic mass is 10.1. The molecular weight excluding hydrogens is 250 g/mol. The molecule has 0 aliphatic rings. The van der Waals surface area contributed by atoms with Crippen LogP contribution in [-0.2, 0) is 17.8 Å². The molecule has 3 nitrogen and oxygen atoms in total. The first-order chi connectivity index (χ1) is 9.83. The molecule has 3 rings (SSSR count). The zero-order chi connectivity index (χ0) is 13.8. The van der Waals surface area contributed by atoms with Gasteiger partial charge in [-0.15, -0.1) is 0 Å². The van der Waals surface area contributed by atoms with E-state index in [9.17, 15) is 4.79 Å². The molecule has 100 valence electrons. The van der Waals surface area contributed by atoms with E-state index in [1.165, 1.54) is 0 Å². The number of rotatable bonds is 4. The zero-order valence-electron chi connectivity index (χ0n) is 11.0. The summed E-state index contributed by atoms with van der Waals surface area (Å²) in [4.78, 5) is 12.0. The van der Waals surface area contributed by atoms with E-state index in [1.807, 2.05) is 54.6 Å². The van der Waals surface area contributed by atoms with Gasteiger partial charge in [0.05, 0.1) is 12.7 Å². The van der Waals surface area contributed by atoms with Crippen LogP contribution in [-0.4, -0.2) is 5.91 Å². The highest BCUT2D eigenvalue weighted by Crippen LogP contribution is 2.20. The normalized spacial score (nSPS) is 10.6. The lowest BCUT2D eigenvalue weighted by Gasteiger charge is -2.04. The molecule has 1 heterocycles. The highest BCUT2D eigenvalue weighted by atomic mass is 16.3. The number of furan rings is 1. The molecule has 0 spiro atoms. The molecule has 0 radical (unpaired) electrons. The average Bonchev–Trinajstić information content (AvgIpc) is 2.90. The fraction of sp³-hybridized carbons (Fsp3) is 0.118. The molecular formula is C17H15NO2. The van der Waals surface area contributed by atoms with Gasteiger partial charge in [-0.2, -0.15) is 0 Å². The monoisotopic (exact) mass is 265 g/mol. The minimum Gasteiger partial charge on any atom is -0.464 e. The average molecular weight is 265 g/mol. The van der Waals surface area contributed by atoms with Gasteiger partial charge in [0, 0.05) is 17.5 Å². The SMILES string of the molecule is O=C(Cc1coc2ccccc12)NCc1ccccc1. The van der Waals surface area contributed by atoms with Crippen molar-refractivity contribution in [2.75, 3.05) is 0 Å². The molecule has 1 amide bonds. The van der Waals surface area contributed by atoms with Crippen molar-refractivity contribution in [1.29, 1.82) is 0 Å². The summed E-state index contributed by atoms with van der Waals surface area (Å²) in [5.41, 5.74) is 2.84. The van der Waals surface area contributed by atoms with Gasteiger partial charge in [0.1, 0.15) is 5.58 Å². The Morgan fingerprint density at radius 3 is 2.60 bits per heavy atom. The van der Waals surface area contributed by atoms with Gasteiger partial charge in [-0.1, -0.05) is 48.5 Å². The van der Waals surface area contributed by atoms with Crippen molar-refractivity contribution < 1.29 is 9.21 Å². The van der Waals surface area contributed by atoms with Crippen LogP contribution in [0.25, 0.3) is 11.0 Å². The third kappa shape index (κ3) is 2.72. The van der Waals surface area contributed by atoms with Crippen LogP contribution >= 0.6 is 0 Å². The summed E-state index contributed by atoms with van der Waals surface area (Å²) < 4.78 is 5.43. The van der Waals surface area contributed by atoms with E-state index in [2.05, 4.69) is 5.32 Å². The number of para-hydroxylation sites is 1. The zero-order valence-corrected chi connectivity index (χ0v) is 11.0. The van der Waals surface area contributed by atoms with Crippen molar-refractivity contribution in [3.63, 3.8) is 0 Å². The maximum Gasteiger partial charge on any atom is 0.224 e. The Labute approximate surface area is 117 Å². The van der Waals surface area contributed by atoms with Crippen LogP contribution in [0.15, 0.2) is 65.3 Å². The number of nitrogens with one attached hydrogen (secondary N) is 1. The van der Waals surface area contributed by atoms with Crippen molar-refractivity contribution in [2.45, 2.75) is 13.0 Å². The largest absolute Gasteiger partial charge is 0.464 e. The topological polar surface area (TPSA) is 42.2 Å². The summed E-state index contributed by atoms with van der Waals surface area (Å²) in [6.07, 6.45) is 2.00. The van der Waals surface area contributed by atoms with Gasteiger partial charge in [0.15, 0.2) is 0 Å². The van der Waals surface area contributed by atoms with Crippen LogP contribution in [0, 0.1) is 0 Å². The van der Waals surface area contributed by atoms with Crippen LogP contribution in [0.1, 0.15) is 11.1 Å². The lowest BCUT2D eigenvalue weighted by Crippen LogP contribution is -2.24.